The Morgan fingerprint density at radius 1 is 0.926 bits per heavy atom. The number of carbonyl (C=O) groups is 1. The molecule has 5 unspecified atom stereocenters. The van der Waals surface area contributed by atoms with E-state index in [1.165, 1.54) is 23.1 Å². The van der Waals surface area contributed by atoms with Gasteiger partial charge in [-0.2, -0.15) is 0 Å². The van der Waals surface area contributed by atoms with E-state index in [0.29, 0.717) is 11.8 Å². The number of hydrogen-bond acceptors (Lipinski definition) is 1. The molecule has 4 fully saturated rings. The molecule has 0 amide bonds. The van der Waals surface area contributed by atoms with Gasteiger partial charge in [0.2, 0.25) is 0 Å². The Hall–Kier alpha value is -2.35. The van der Waals surface area contributed by atoms with Gasteiger partial charge in [0.1, 0.15) is 0 Å². The van der Waals surface area contributed by atoms with E-state index in [2.05, 4.69) is 66.7 Å². The first kappa shape index (κ1) is 15.7. The lowest BCUT2D eigenvalue weighted by Gasteiger charge is -2.59. The van der Waals surface area contributed by atoms with Gasteiger partial charge in [0.15, 0.2) is 0 Å². The van der Waals surface area contributed by atoms with E-state index in [9.17, 15) is 9.90 Å². The summed E-state index contributed by atoms with van der Waals surface area (Å²) in [6, 6.07) is 21.4. The molecular formula is C25H24O2. The third-order valence-electron chi connectivity index (χ3n) is 8.50. The summed E-state index contributed by atoms with van der Waals surface area (Å²) in [5.41, 5.74) is 3.88. The zero-order valence-electron chi connectivity index (χ0n) is 15.4. The van der Waals surface area contributed by atoms with Crippen LogP contribution < -0.4 is 0 Å². The molecule has 0 aliphatic heterocycles. The maximum atomic E-state index is 12.4. The molecule has 0 heterocycles. The van der Waals surface area contributed by atoms with Crippen LogP contribution in [0.25, 0.3) is 6.08 Å². The highest BCUT2D eigenvalue weighted by molar-refractivity contribution is 5.78. The molecule has 4 aliphatic rings. The monoisotopic (exact) mass is 356 g/mol. The summed E-state index contributed by atoms with van der Waals surface area (Å²) in [6.07, 6.45) is 7.23. The fourth-order valence-electron chi connectivity index (χ4n) is 7.69. The Kier molecular flexibility index (Phi) is 2.86. The number of rotatable bonds is 3. The number of benzene rings is 2. The van der Waals surface area contributed by atoms with Gasteiger partial charge in [-0.15, -0.1) is 0 Å². The highest BCUT2D eigenvalue weighted by Gasteiger charge is 2.80. The van der Waals surface area contributed by atoms with E-state index in [-0.39, 0.29) is 10.8 Å². The SMILES string of the molecule is O=C(O)C12CC3CC4(C1)C(CC4(c1ccccc1)C2)/C3=C\c1ccccc1. The van der Waals surface area contributed by atoms with Crippen LogP contribution in [0.5, 0.6) is 0 Å². The Bertz CT molecular complexity index is 962. The Labute approximate surface area is 159 Å². The van der Waals surface area contributed by atoms with Gasteiger partial charge in [-0.05, 0) is 60.5 Å². The maximum Gasteiger partial charge on any atom is 0.309 e. The lowest BCUT2D eigenvalue weighted by molar-refractivity contribution is -0.151. The molecule has 3 bridgehead atoms. The van der Waals surface area contributed by atoms with Crippen LogP contribution in [0.3, 0.4) is 0 Å². The smallest absolute Gasteiger partial charge is 0.309 e. The summed E-state index contributed by atoms with van der Waals surface area (Å²) in [5.74, 6) is 0.441. The second-order valence-electron chi connectivity index (χ2n) is 9.46. The normalized spacial score (nSPS) is 42.1. The summed E-state index contributed by atoms with van der Waals surface area (Å²) in [6.45, 7) is 0. The van der Waals surface area contributed by atoms with E-state index in [1.54, 1.807) is 0 Å². The van der Waals surface area contributed by atoms with Crippen molar-refractivity contribution >= 4 is 12.0 Å². The van der Waals surface area contributed by atoms with Gasteiger partial charge in [-0.25, -0.2) is 0 Å². The van der Waals surface area contributed by atoms with E-state index in [0.717, 1.165) is 25.7 Å². The van der Waals surface area contributed by atoms with Crippen molar-refractivity contribution in [3.05, 3.63) is 77.4 Å². The molecule has 2 nitrogen and oxygen atoms in total. The van der Waals surface area contributed by atoms with Crippen molar-refractivity contribution in [3.63, 3.8) is 0 Å². The van der Waals surface area contributed by atoms with Crippen LogP contribution in [-0.4, -0.2) is 11.1 Å². The van der Waals surface area contributed by atoms with Gasteiger partial charge in [0.05, 0.1) is 5.41 Å². The highest BCUT2D eigenvalue weighted by Crippen LogP contribution is 2.85. The summed E-state index contributed by atoms with van der Waals surface area (Å²) < 4.78 is 0. The fraction of sp³-hybridized carbons (Fsp3) is 0.400. The van der Waals surface area contributed by atoms with Gasteiger partial charge >= 0.3 is 5.97 Å². The summed E-state index contributed by atoms with van der Waals surface area (Å²) in [4.78, 5) is 12.4. The predicted molar refractivity (Wildman–Crippen MR) is 105 cm³/mol. The molecule has 1 spiro atoms. The van der Waals surface area contributed by atoms with Crippen LogP contribution in [0.4, 0.5) is 0 Å². The van der Waals surface area contributed by atoms with Crippen molar-refractivity contribution in [2.45, 2.75) is 37.5 Å². The molecule has 2 heteroatoms. The van der Waals surface area contributed by atoms with Crippen molar-refractivity contribution < 1.29 is 9.90 Å². The minimum Gasteiger partial charge on any atom is -0.481 e. The summed E-state index contributed by atoms with van der Waals surface area (Å²) >= 11 is 0. The molecule has 5 atom stereocenters. The number of fused-ring (bicyclic) bond motifs is 2. The lowest BCUT2D eigenvalue weighted by Crippen LogP contribution is -2.55. The molecule has 6 rings (SSSR count). The molecule has 2 aromatic carbocycles. The molecule has 4 saturated carbocycles. The number of aliphatic carboxylic acids is 1. The average Bonchev–Trinajstić information content (AvgIpc) is 2.96. The quantitative estimate of drug-likeness (QED) is 0.810. The van der Waals surface area contributed by atoms with E-state index >= 15 is 0 Å². The van der Waals surface area contributed by atoms with Gasteiger partial charge in [-0.1, -0.05) is 72.3 Å². The van der Waals surface area contributed by atoms with Crippen LogP contribution in [-0.2, 0) is 10.2 Å². The number of hydrogen-bond donors (Lipinski definition) is 1. The average molecular weight is 356 g/mol. The number of carboxylic acids is 1. The van der Waals surface area contributed by atoms with Gasteiger partial charge in [0.25, 0.3) is 0 Å². The molecular weight excluding hydrogens is 332 g/mol. The van der Waals surface area contributed by atoms with Crippen molar-refractivity contribution in [1.29, 1.82) is 0 Å². The lowest BCUT2D eigenvalue weighted by atomic mass is 9.44. The third-order valence-corrected chi connectivity index (χ3v) is 8.50. The molecule has 0 aromatic heterocycles. The predicted octanol–water partition coefficient (Wildman–Crippen LogP) is 5.30. The van der Waals surface area contributed by atoms with E-state index in [1.807, 2.05) is 0 Å². The highest BCUT2D eigenvalue weighted by atomic mass is 16.4. The second kappa shape index (κ2) is 4.92. The van der Waals surface area contributed by atoms with Crippen LogP contribution in [0.2, 0.25) is 0 Å². The van der Waals surface area contributed by atoms with Gasteiger partial charge in [0, 0.05) is 5.41 Å². The van der Waals surface area contributed by atoms with Gasteiger partial charge < -0.3 is 5.11 Å². The minimum absolute atomic E-state index is 0.0678. The minimum atomic E-state index is -0.559. The standard InChI is InChI=1S/C25H24O2/c26-22(27)23-12-18-13-25(16-23)21(20(18)11-17-7-3-1-4-8-17)14-24(25,15-23)19-9-5-2-6-10-19/h1-11,18,21H,12-16H2,(H,26,27)/b20-11-. The Morgan fingerprint density at radius 3 is 2.33 bits per heavy atom. The van der Waals surface area contributed by atoms with Crippen molar-refractivity contribution in [2.24, 2.45) is 22.7 Å². The summed E-state index contributed by atoms with van der Waals surface area (Å²) in [7, 11) is 0. The van der Waals surface area contributed by atoms with Crippen LogP contribution in [0.1, 0.15) is 43.2 Å². The van der Waals surface area contributed by atoms with Gasteiger partial charge in [-0.3, -0.25) is 4.79 Å². The molecule has 1 N–H and O–H groups in total. The van der Waals surface area contributed by atoms with E-state index in [4.69, 9.17) is 0 Å². The first-order valence-corrected chi connectivity index (χ1v) is 10.1. The van der Waals surface area contributed by atoms with Crippen LogP contribution in [0, 0.1) is 22.7 Å². The molecule has 0 radical (unpaired) electrons. The number of allylic oxidation sites excluding steroid dienone is 1. The Balaban J connectivity index is 1.51. The largest absolute Gasteiger partial charge is 0.481 e. The Morgan fingerprint density at radius 2 is 1.63 bits per heavy atom. The zero-order chi connectivity index (χ0) is 18.3. The molecule has 136 valence electrons. The first-order valence-electron chi connectivity index (χ1n) is 10.1. The van der Waals surface area contributed by atoms with Crippen molar-refractivity contribution in [1.82, 2.24) is 0 Å². The van der Waals surface area contributed by atoms with E-state index < -0.39 is 11.4 Å². The van der Waals surface area contributed by atoms with Crippen LogP contribution in [0.15, 0.2) is 66.2 Å². The molecule has 27 heavy (non-hydrogen) atoms. The molecule has 0 saturated heterocycles. The fourth-order valence-corrected chi connectivity index (χ4v) is 7.69. The van der Waals surface area contributed by atoms with Crippen molar-refractivity contribution in [2.75, 3.05) is 0 Å². The molecule has 2 aromatic rings. The van der Waals surface area contributed by atoms with Crippen molar-refractivity contribution in [3.8, 4) is 0 Å². The second-order valence-corrected chi connectivity index (χ2v) is 9.46. The first-order chi connectivity index (χ1) is 13.1. The van der Waals surface area contributed by atoms with Crippen LogP contribution >= 0.6 is 0 Å². The maximum absolute atomic E-state index is 12.4. The summed E-state index contributed by atoms with van der Waals surface area (Å²) in [5, 5.41) is 10.2. The third kappa shape index (κ3) is 1.75. The number of carboxylic acid groups (broad SMARTS) is 1. The topological polar surface area (TPSA) is 37.3 Å². The zero-order valence-corrected chi connectivity index (χ0v) is 15.4. The molecule has 4 aliphatic carbocycles.